The molecule has 108 valence electrons. The van der Waals surface area contributed by atoms with Gasteiger partial charge in [-0.15, -0.1) is 0 Å². The first-order chi connectivity index (χ1) is 9.41. The number of nitriles is 1. The van der Waals surface area contributed by atoms with Gasteiger partial charge in [-0.3, -0.25) is 0 Å². The fourth-order valence-electron chi connectivity index (χ4n) is 2.85. The fraction of sp³-hybridized carbons (Fsp3) is 0.667. The Morgan fingerprint density at radius 3 is 2.45 bits per heavy atom. The van der Waals surface area contributed by atoms with Crippen molar-refractivity contribution in [3.63, 3.8) is 0 Å². The van der Waals surface area contributed by atoms with Crippen molar-refractivity contribution in [3.8, 4) is 6.07 Å². The molecule has 1 aliphatic carbocycles. The second kappa shape index (κ2) is 5.97. The summed E-state index contributed by atoms with van der Waals surface area (Å²) < 4.78 is 0. The highest BCUT2D eigenvalue weighted by atomic mass is 35.5. The van der Waals surface area contributed by atoms with E-state index < -0.39 is 0 Å². The van der Waals surface area contributed by atoms with E-state index in [0.717, 1.165) is 18.8 Å². The van der Waals surface area contributed by atoms with E-state index in [-0.39, 0.29) is 5.69 Å². The summed E-state index contributed by atoms with van der Waals surface area (Å²) in [6.45, 7) is 6.93. The summed E-state index contributed by atoms with van der Waals surface area (Å²) in [5.41, 5.74) is 0.610. The minimum Gasteiger partial charge on any atom is -0.366 e. The molecule has 0 atom stereocenters. The van der Waals surface area contributed by atoms with Gasteiger partial charge in [0.1, 0.15) is 23.2 Å². The molecule has 1 aliphatic rings. The highest BCUT2D eigenvalue weighted by Gasteiger charge is 2.30. The quantitative estimate of drug-likeness (QED) is 0.894. The van der Waals surface area contributed by atoms with Gasteiger partial charge in [0, 0.05) is 6.04 Å². The first-order valence-electron chi connectivity index (χ1n) is 7.09. The Morgan fingerprint density at radius 2 is 1.90 bits per heavy atom. The molecule has 0 bridgehead atoms. The minimum absolute atomic E-state index is 0.229. The van der Waals surface area contributed by atoms with Crippen molar-refractivity contribution in [1.29, 1.82) is 5.26 Å². The lowest BCUT2D eigenvalue weighted by Crippen LogP contribution is -2.31. The molecule has 4 nitrogen and oxygen atoms in total. The monoisotopic (exact) mass is 292 g/mol. The highest BCUT2D eigenvalue weighted by Crippen LogP contribution is 2.38. The molecule has 5 heteroatoms. The summed E-state index contributed by atoms with van der Waals surface area (Å²) in [7, 11) is 0. The topological polar surface area (TPSA) is 61.6 Å². The molecular weight excluding hydrogens is 272 g/mol. The Kier molecular flexibility index (Phi) is 4.49. The van der Waals surface area contributed by atoms with Crippen LogP contribution in [-0.4, -0.2) is 16.0 Å². The van der Waals surface area contributed by atoms with Gasteiger partial charge in [0.15, 0.2) is 5.69 Å². The number of halogens is 1. The average molecular weight is 293 g/mol. The Morgan fingerprint density at radius 1 is 1.25 bits per heavy atom. The van der Waals surface area contributed by atoms with Crippen molar-refractivity contribution in [3.05, 3.63) is 17.0 Å². The Hall–Kier alpha value is -1.34. The minimum atomic E-state index is 0.229. The molecule has 2 rings (SSSR count). The predicted molar refractivity (Wildman–Crippen MR) is 80.6 cm³/mol. The lowest BCUT2D eigenvalue weighted by molar-refractivity contribution is 0.173. The van der Waals surface area contributed by atoms with E-state index in [2.05, 4.69) is 36.1 Å². The molecule has 0 radical (unpaired) electrons. The van der Waals surface area contributed by atoms with Crippen LogP contribution in [0.2, 0.25) is 5.02 Å². The standard InChI is InChI=1S/C15H21ClN4/c1-15(2,3)10-4-6-11(7-5-10)20-14-13(16)12(8-17)18-9-19-14/h9-11H,4-7H2,1-3H3,(H,18,19,20)/t10-,11+. The van der Waals surface area contributed by atoms with E-state index in [4.69, 9.17) is 16.9 Å². The van der Waals surface area contributed by atoms with E-state index in [1.54, 1.807) is 0 Å². The van der Waals surface area contributed by atoms with Gasteiger partial charge in [0.25, 0.3) is 0 Å². The fourth-order valence-corrected chi connectivity index (χ4v) is 3.04. The van der Waals surface area contributed by atoms with Gasteiger partial charge in [-0.05, 0) is 37.0 Å². The number of hydrogen-bond donors (Lipinski definition) is 1. The lowest BCUT2D eigenvalue weighted by Gasteiger charge is -2.37. The molecule has 0 aromatic carbocycles. The van der Waals surface area contributed by atoms with Gasteiger partial charge in [0.05, 0.1) is 0 Å². The van der Waals surface area contributed by atoms with Crippen LogP contribution in [-0.2, 0) is 0 Å². The summed E-state index contributed by atoms with van der Waals surface area (Å²) in [6, 6.07) is 2.36. The molecule has 1 aromatic rings. The van der Waals surface area contributed by atoms with E-state index in [1.165, 1.54) is 19.2 Å². The van der Waals surface area contributed by atoms with Gasteiger partial charge in [-0.25, -0.2) is 9.97 Å². The van der Waals surface area contributed by atoms with Crippen molar-refractivity contribution in [2.24, 2.45) is 11.3 Å². The summed E-state index contributed by atoms with van der Waals surface area (Å²) >= 11 is 6.12. The van der Waals surface area contributed by atoms with Crippen molar-refractivity contribution in [1.82, 2.24) is 9.97 Å². The van der Waals surface area contributed by atoms with Crippen LogP contribution in [0.1, 0.15) is 52.1 Å². The zero-order valence-electron chi connectivity index (χ0n) is 12.3. The SMILES string of the molecule is CC(C)(C)[C@H]1CC[C@@H](Nc2ncnc(C#N)c2Cl)CC1. The van der Waals surface area contributed by atoms with Crippen LogP contribution in [0, 0.1) is 22.7 Å². The maximum absolute atomic E-state index is 8.92. The zero-order chi connectivity index (χ0) is 14.8. The van der Waals surface area contributed by atoms with Crippen LogP contribution in [0.15, 0.2) is 6.33 Å². The van der Waals surface area contributed by atoms with E-state index in [0.29, 0.717) is 22.3 Å². The molecule has 0 saturated heterocycles. The molecule has 1 heterocycles. The Balaban J connectivity index is 1.99. The second-order valence-corrected chi connectivity index (χ2v) is 6.93. The van der Waals surface area contributed by atoms with Gasteiger partial charge in [-0.2, -0.15) is 5.26 Å². The van der Waals surface area contributed by atoms with Gasteiger partial charge >= 0.3 is 0 Å². The Bertz CT molecular complexity index is 508. The number of rotatable bonds is 2. The van der Waals surface area contributed by atoms with Gasteiger partial charge < -0.3 is 5.32 Å². The number of hydrogen-bond acceptors (Lipinski definition) is 4. The average Bonchev–Trinajstić information content (AvgIpc) is 2.41. The highest BCUT2D eigenvalue weighted by molar-refractivity contribution is 6.33. The lowest BCUT2D eigenvalue weighted by atomic mass is 9.71. The molecule has 0 aliphatic heterocycles. The number of anilines is 1. The molecule has 1 N–H and O–H groups in total. The van der Waals surface area contributed by atoms with Crippen LogP contribution < -0.4 is 5.32 Å². The van der Waals surface area contributed by atoms with Crippen LogP contribution in [0.3, 0.4) is 0 Å². The first-order valence-corrected chi connectivity index (χ1v) is 7.46. The first kappa shape index (κ1) is 15.1. The van der Waals surface area contributed by atoms with E-state index in [1.807, 2.05) is 6.07 Å². The molecule has 0 unspecified atom stereocenters. The molecule has 20 heavy (non-hydrogen) atoms. The number of nitrogens with zero attached hydrogens (tertiary/aromatic N) is 3. The van der Waals surface area contributed by atoms with Crippen molar-refractivity contribution >= 4 is 17.4 Å². The molecule has 0 amide bonds. The van der Waals surface area contributed by atoms with Crippen LogP contribution in [0.4, 0.5) is 5.82 Å². The molecule has 1 saturated carbocycles. The Labute approximate surface area is 125 Å². The molecule has 1 fully saturated rings. The molecular formula is C15H21ClN4. The van der Waals surface area contributed by atoms with Crippen LogP contribution in [0.5, 0.6) is 0 Å². The van der Waals surface area contributed by atoms with Crippen molar-refractivity contribution in [2.75, 3.05) is 5.32 Å². The summed E-state index contributed by atoms with van der Waals surface area (Å²) in [4.78, 5) is 7.99. The third kappa shape index (κ3) is 3.40. The van der Waals surface area contributed by atoms with Gasteiger partial charge in [0.2, 0.25) is 0 Å². The number of aromatic nitrogens is 2. The second-order valence-electron chi connectivity index (χ2n) is 6.56. The van der Waals surface area contributed by atoms with Gasteiger partial charge in [-0.1, -0.05) is 32.4 Å². The maximum Gasteiger partial charge on any atom is 0.164 e. The summed E-state index contributed by atoms with van der Waals surface area (Å²) in [5.74, 6) is 1.36. The third-order valence-corrected chi connectivity index (χ3v) is 4.55. The third-order valence-electron chi connectivity index (χ3n) is 4.19. The molecule has 1 aromatic heterocycles. The smallest absolute Gasteiger partial charge is 0.164 e. The summed E-state index contributed by atoms with van der Waals surface area (Å²) in [6.07, 6.45) is 6.05. The largest absolute Gasteiger partial charge is 0.366 e. The predicted octanol–water partition coefficient (Wildman–Crippen LogP) is 4.02. The normalized spacial score (nSPS) is 23.1. The van der Waals surface area contributed by atoms with Crippen LogP contribution >= 0.6 is 11.6 Å². The zero-order valence-corrected chi connectivity index (χ0v) is 13.0. The van der Waals surface area contributed by atoms with Crippen LogP contribution in [0.25, 0.3) is 0 Å². The maximum atomic E-state index is 8.92. The van der Waals surface area contributed by atoms with Crippen molar-refractivity contribution < 1.29 is 0 Å². The van der Waals surface area contributed by atoms with Crippen molar-refractivity contribution in [2.45, 2.75) is 52.5 Å². The molecule has 0 spiro atoms. The van der Waals surface area contributed by atoms with E-state index in [9.17, 15) is 0 Å². The number of nitrogens with one attached hydrogen (secondary N) is 1. The summed E-state index contributed by atoms with van der Waals surface area (Å²) in [5, 5.41) is 12.6. The van der Waals surface area contributed by atoms with E-state index >= 15 is 0 Å².